The SMILES string of the molecule is CC(C)(C)OC(=O)N1CCNCC1c1cnc2ccccc2n1. The van der Waals surface area contributed by atoms with Crippen LogP contribution in [0.4, 0.5) is 4.79 Å². The first-order valence-corrected chi connectivity index (χ1v) is 7.86. The summed E-state index contributed by atoms with van der Waals surface area (Å²) in [5.74, 6) is 0. The zero-order chi connectivity index (χ0) is 16.4. The molecule has 23 heavy (non-hydrogen) atoms. The number of carbonyl (C=O) groups is 1. The second-order valence-electron chi connectivity index (χ2n) is 6.68. The van der Waals surface area contributed by atoms with E-state index in [1.165, 1.54) is 0 Å². The molecular weight excluding hydrogens is 292 g/mol. The summed E-state index contributed by atoms with van der Waals surface area (Å²) in [7, 11) is 0. The van der Waals surface area contributed by atoms with Gasteiger partial charge in [0.25, 0.3) is 0 Å². The number of ether oxygens (including phenoxy) is 1. The number of amides is 1. The molecule has 1 atom stereocenters. The number of hydrogen-bond donors (Lipinski definition) is 1. The summed E-state index contributed by atoms with van der Waals surface area (Å²) >= 11 is 0. The number of piperazine rings is 1. The van der Waals surface area contributed by atoms with Crippen LogP contribution in [0.25, 0.3) is 11.0 Å². The number of carbonyl (C=O) groups excluding carboxylic acids is 1. The lowest BCUT2D eigenvalue weighted by molar-refractivity contribution is 0.0113. The summed E-state index contributed by atoms with van der Waals surface area (Å²) in [4.78, 5) is 23.4. The summed E-state index contributed by atoms with van der Waals surface area (Å²) in [6, 6.07) is 7.56. The Labute approximate surface area is 135 Å². The van der Waals surface area contributed by atoms with E-state index in [0.717, 1.165) is 23.3 Å². The van der Waals surface area contributed by atoms with Crippen molar-refractivity contribution in [1.82, 2.24) is 20.2 Å². The highest BCUT2D eigenvalue weighted by molar-refractivity contribution is 5.74. The van der Waals surface area contributed by atoms with E-state index in [0.29, 0.717) is 13.1 Å². The maximum absolute atomic E-state index is 12.5. The van der Waals surface area contributed by atoms with Gasteiger partial charge in [-0.05, 0) is 32.9 Å². The van der Waals surface area contributed by atoms with Gasteiger partial charge in [0.15, 0.2) is 0 Å². The number of aromatic nitrogens is 2. The van der Waals surface area contributed by atoms with Gasteiger partial charge in [0.2, 0.25) is 0 Å². The molecule has 1 unspecified atom stereocenters. The number of nitrogens with one attached hydrogen (secondary N) is 1. The first-order chi connectivity index (χ1) is 10.9. The first kappa shape index (κ1) is 15.7. The van der Waals surface area contributed by atoms with Crippen molar-refractivity contribution >= 4 is 17.1 Å². The molecular formula is C17H22N4O2. The van der Waals surface area contributed by atoms with Crippen LogP contribution in [0.5, 0.6) is 0 Å². The summed E-state index contributed by atoms with van der Waals surface area (Å²) in [5.41, 5.74) is 1.95. The van der Waals surface area contributed by atoms with Gasteiger partial charge < -0.3 is 10.1 Å². The van der Waals surface area contributed by atoms with Gasteiger partial charge in [-0.15, -0.1) is 0 Å². The summed E-state index contributed by atoms with van der Waals surface area (Å²) in [6.07, 6.45) is 1.44. The Morgan fingerprint density at radius 1 is 1.30 bits per heavy atom. The van der Waals surface area contributed by atoms with E-state index in [1.807, 2.05) is 45.0 Å². The second kappa shape index (κ2) is 6.12. The molecule has 2 heterocycles. The summed E-state index contributed by atoms with van der Waals surface area (Å²) in [5, 5.41) is 3.31. The van der Waals surface area contributed by atoms with E-state index < -0.39 is 5.60 Å². The minimum absolute atomic E-state index is 0.171. The van der Waals surface area contributed by atoms with Crippen molar-refractivity contribution < 1.29 is 9.53 Å². The fourth-order valence-electron chi connectivity index (χ4n) is 2.64. The zero-order valence-electron chi connectivity index (χ0n) is 13.7. The maximum Gasteiger partial charge on any atom is 0.410 e. The smallest absolute Gasteiger partial charge is 0.410 e. The molecule has 0 spiro atoms. The molecule has 0 bridgehead atoms. The van der Waals surface area contributed by atoms with Crippen molar-refractivity contribution in [3.05, 3.63) is 36.2 Å². The Balaban J connectivity index is 1.89. The number of para-hydroxylation sites is 2. The fraction of sp³-hybridized carbons (Fsp3) is 0.471. The maximum atomic E-state index is 12.5. The van der Waals surface area contributed by atoms with Crippen LogP contribution in [0.15, 0.2) is 30.5 Å². The minimum Gasteiger partial charge on any atom is -0.444 e. The predicted molar refractivity (Wildman–Crippen MR) is 88.1 cm³/mol. The Morgan fingerprint density at radius 2 is 2.04 bits per heavy atom. The molecule has 1 saturated heterocycles. The largest absolute Gasteiger partial charge is 0.444 e. The van der Waals surface area contributed by atoms with Crippen LogP contribution in [0.2, 0.25) is 0 Å². The third kappa shape index (κ3) is 3.59. The second-order valence-corrected chi connectivity index (χ2v) is 6.68. The average molecular weight is 314 g/mol. The molecule has 1 N–H and O–H groups in total. The topological polar surface area (TPSA) is 67.3 Å². The quantitative estimate of drug-likeness (QED) is 0.876. The van der Waals surface area contributed by atoms with Crippen molar-refractivity contribution in [2.75, 3.05) is 19.6 Å². The summed E-state index contributed by atoms with van der Waals surface area (Å²) in [6.45, 7) is 7.60. The van der Waals surface area contributed by atoms with Gasteiger partial charge in [0, 0.05) is 19.6 Å². The van der Waals surface area contributed by atoms with Crippen LogP contribution in [0.3, 0.4) is 0 Å². The van der Waals surface area contributed by atoms with Crippen LogP contribution in [0, 0.1) is 0 Å². The molecule has 122 valence electrons. The van der Waals surface area contributed by atoms with E-state index in [9.17, 15) is 4.79 Å². The molecule has 1 aliphatic heterocycles. The molecule has 0 saturated carbocycles. The molecule has 0 aliphatic carbocycles. The number of rotatable bonds is 1. The number of fused-ring (bicyclic) bond motifs is 1. The van der Waals surface area contributed by atoms with Gasteiger partial charge in [-0.25, -0.2) is 9.78 Å². The van der Waals surface area contributed by atoms with Gasteiger partial charge in [0.1, 0.15) is 5.60 Å². The third-order valence-corrected chi connectivity index (χ3v) is 3.68. The lowest BCUT2D eigenvalue weighted by Gasteiger charge is -2.36. The molecule has 1 fully saturated rings. The Morgan fingerprint density at radius 3 is 2.78 bits per heavy atom. The van der Waals surface area contributed by atoms with Gasteiger partial charge >= 0.3 is 6.09 Å². The normalized spacial score (nSPS) is 18.9. The monoisotopic (exact) mass is 314 g/mol. The third-order valence-electron chi connectivity index (χ3n) is 3.68. The highest BCUT2D eigenvalue weighted by Gasteiger charge is 2.32. The van der Waals surface area contributed by atoms with Crippen LogP contribution < -0.4 is 5.32 Å². The van der Waals surface area contributed by atoms with Crippen molar-refractivity contribution in [2.45, 2.75) is 32.4 Å². The van der Waals surface area contributed by atoms with Crippen molar-refractivity contribution in [1.29, 1.82) is 0 Å². The van der Waals surface area contributed by atoms with Crippen molar-refractivity contribution in [3.8, 4) is 0 Å². The number of nitrogens with zero attached hydrogens (tertiary/aromatic N) is 3. The van der Waals surface area contributed by atoms with Gasteiger partial charge in [-0.2, -0.15) is 0 Å². The van der Waals surface area contributed by atoms with Crippen LogP contribution in [-0.2, 0) is 4.74 Å². The van der Waals surface area contributed by atoms with E-state index in [2.05, 4.69) is 15.3 Å². The molecule has 1 amide bonds. The van der Waals surface area contributed by atoms with Crippen LogP contribution in [0.1, 0.15) is 32.5 Å². The lowest BCUT2D eigenvalue weighted by atomic mass is 10.1. The molecule has 0 radical (unpaired) electrons. The van der Waals surface area contributed by atoms with Gasteiger partial charge in [-0.1, -0.05) is 12.1 Å². The lowest BCUT2D eigenvalue weighted by Crippen LogP contribution is -2.50. The summed E-state index contributed by atoms with van der Waals surface area (Å²) < 4.78 is 5.53. The minimum atomic E-state index is -0.512. The molecule has 6 heteroatoms. The number of benzene rings is 1. The van der Waals surface area contributed by atoms with Crippen molar-refractivity contribution in [2.24, 2.45) is 0 Å². The molecule has 2 aromatic rings. The van der Waals surface area contributed by atoms with Gasteiger partial charge in [0.05, 0.1) is 29.0 Å². The standard InChI is InChI=1S/C17H22N4O2/c1-17(2,3)23-16(22)21-9-8-18-11-15(21)14-10-19-12-6-4-5-7-13(12)20-14/h4-7,10,15,18H,8-9,11H2,1-3H3. The number of hydrogen-bond acceptors (Lipinski definition) is 5. The average Bonchev–Trinajstić information content (AvgIpc) is 2.53. The Bertz CT molecular complexity index is 711. The highest BCUT2D eigenvalue weighted by atomic mass is 16.6. The van der Waals surface area contributed by atoms with Crippen LogP contribution in [-0.4, -0.2) is 46.2 Å². The molecule has 1 aliphatic rings. The predicted octanol–water partition coefficient (Wildman–Crippen LogP) is 2.51. The van der Waals surface area contributed by atoms with E-state index in [1.54, 1.807) is 11.1 Å². The molecule has 6 nitrogen and oxygen atoms in total. The van der Waals surface area contributed by atoms with E-state index in [4.69, 9.17) is 4.74 Å². The first-order valence-electron chi connectivity index (χ1n) is 7.86. The zero-order valence-corrected chi connectivity index (χ0v) is 13.7. The van der Waals surface area contributed by atoms with Crippen molar-refractivity contribution in [3.63, 3.8) is 0 Å². The Kier molecular flexibility index (Phi) is 4.17. The van der Waals surface area contributed by atoms with E-state index >= 15 is 0 Å². The molecule has 1 aromatic heterocycles. The van der Waals surface area contributed by atoms with E-state index in [-0.39, 0.29) is 12.1 Å². The molecule has 3 rings (SSSR count). The fourth-order valence-corrected chi connectivity index (χ4v) is 2.64. The van der Waals surface area contributed by atoms with Gasteiger partial charge in [-0.3, -0.25) is 9.88 Å². The Hall–Kier alpha value is -2.21. The molecule has 1 aromatic carbocycles. The highest BCUT2D eigenvalue weighted by Crippen LogP contribution is 2.24. The van der Waals surface area contributed by atoms with Crippen LogP contribution >= 0.6 is 0 Å².